The molecule has 1 aromatic carbocycles. The molecule has 0 aliphatic heterocycles. The van der Waals surface area contributed by atoms with E-state index in [2.05, 4.69) is 4.74 Å². The maximum absolute atomic E-state index is 11.8. The third-order valence-electron chi connectivity index (χ3n) is 2.61. The molecular formula is C12H15NO6S. The second kappa shape index (κ2) is 6.49. The smallest absolute Gasteiger partial charge is 0.335 e. The lowest BCUT2D eigenvalue weighted by Gasteiger charge is -2.16. The highest BCUT2D eigenvalue weighted by atomic mass is 32.2. The Hall–Kier alpha value is -1.93. The molecule has 0 heterocycles. The van der Waals surface area contributed by atoms with E-state index < -0.39 is 27.7 Å². The van der Waals surface area contributed by atoms with Gasteiger partial charge in [-0.25, -0.2) is 17.5 Å². The number of sulfonamides is 1. The van der Waals surface area contributed by atoms with E-state index in [-0.39, 0.29) is 12.1 Å². The van der Waals surface area contributed by atoms with Crippen molar-refractivity contribution in [1.29, 1.82) is 0 Å². The molecule has 0 atom stereocenters. The van der Waals surface area contributed by atoms with E-state index in [0.29, 0.717) is 5.56 Å². The topological polar surface area (TPSA) is 101 Å². The van der Waals surface area contributed by atoms with Gasteiger partial charge in [-0.3, -0.25) is 4.79 Å². The molecule has 0 saturated carbocycles. The van der Waals surface area contributed by atoms with Crippen LogP contribution in [0.4, 0.5) is 0 Å². The first kappa shape index (κ1) is 16.1. The van der Waals surface area contributed by atoms with E-state index in [1.165, 1.54) is 31.3 Å². The zero-order valence-electron chi connectivity index (χ0n) is 11.1. The Morgan fingerprint density at radius 1 is 1.25 bits per heavy atom. The minimum absolute atomic E-state index is 0.0409. The molecule has 0 unspecified atom stereocenters. The highest BCUT2D eigenvalue weighted by Crippen LogP contribution is 2.10. The number of aromatic carboxylic acids is 1. The molecule has 7 nitrogen and oxygen atoms in total. The van der Waals surface area contributed by atoms with Crippen LogP contribution in [0.3, 0.4) is 0 Å². The van der Waals surface area contributed by atoms with Crippen LogP contribution in [0.1, 0.15) is 15.9 Å². The summed E-state index contributed by atoms with van der Waals surface area (Å²) in [5.74, 6) is -2.62. The average molecular weight is 301 g/mol. The van der Waals surface area contributed by atoms with Crippen molar-refractivity contribution in [2.24, 2.45) is 0 Å². The van der Waals surface area contributed by atoms with Crippen LogP contribution in [0, 0.1) is 0 Å². The van der Waals surface area contributed by atoms with Gasteiger partial charge in [0.25, 0.3) is 0 Å². The van der Waals surface area contributed by atoms with Gasteiger partial charge in [0, 0.05) is 13.6 Å². The molecular weight excluding hydrogens is 286 g/mol. The van der Waals surface area contributed by atoms with Gasteiger partial charge in [-0.05, 0) is 17.7 Å². The molecule has 1 rings (SSSR count). The number of nitrogens with zero attached hydrogens (tertiary/aromatic N) is 1. The van der Waals surface area contributed by atoms with Crippen LogP contribution in [0.2, 0.25) is 0 Å². The molecule has 8 heteroatoms. The molecule has 0 aliphatic rings. The number of hydrogen-bond acceptors (Lipinski definition) is 5. The first-order chi connectivity index (χ1) is 9.26. The van der Waals surface area contributed by atoms with Gasteiger partial charge >= 0.3 is 11.9 Å². The van der Waals surface area contributed by atoms with Crippen molar-refractivity contribution in [3.63, 3.8) is 0 Å². The number of carboxylic acids is 1. The van der Waals surface area contributed by atoms with E-state index in [4.69, 9.17) is 5.11 Å². The van der Waals surface area contributed by atoms with Crippen molar-refractivity contribution in [3.05, 3.63) is 35.4 Å². The molecule has 0 radical (unpaired) electrons. The van der Waals surface area contributed by atoms with E-state index in [0.717, 1.165) is 11.4 Å². The fourth-order valence-corrected chi connectivity index (χ4v) is 2.41. The molecule has 110 valence electrons. The fourth-order valence-electron chi connectivity index (χ4n) is 1.43. The predicted octanol–water partition coefficient (Wildman–Crippen LogP) is 0.319. The molecule has 20 heavy (non-hydrogen) atoms. The largest absolute Gasteiger partial charge is 0.478 e. The highest BCUT2D eigenvalue weighted by molar-refractivity contribution is 7.89. The number of methoxy groups -OCH3 is 1. The summed E-state index contributed by atoms with van der Waals surface area (Å²) in [6.07, 6.45) is 0. The van der Waals surface area contributed by atoms with Gasteiger partial charge in [-0.2, -0.15) is 0 Å². The quantitative estimate of drug-likeness (QED) is 0.759. The SMILES string of the molecule is COC(=O)CS(=O)(=O)N(C)Cc1ccc(C(=O)O)cc1. The van der Waals surface area contributed by atoms with Crippen molar-refractivity contribution < 1.29 is 27.9 Å². The molecule has 0 aliphatic carbocycles. The standard InChI is InChI=1S/C12H15NO6S/c1-13(20(17,18)8-11(14)19-2)7-9-3-5-10(6-4-9)12(15)16/h3-6H,7-8H2,1-2H3,(H,15,16). The van der Waals surface area contributed by atoms with E-state index >= 15 is 0 Å². The van der Waals surface area contributed by atoms with Crippen LogP contribution < -0.4 is 0 Å². The summed E-state index contributed by atoms with van der Waals surface area (Å²) in [5.41, 5.74) is 0.736. The number of rotatable bonds is 6. The minimum Gasteiger partial charge on any atom is -0.478 e. The van der Waals surface area contributed by atoms with E-state index in [9.17, 15) is 18.0 Å². The van der Waals surface area contributed by atoms with Gasteiger partial charge in [0.05, 0.1) is 12.7 Å². The van der Waals surface area contributed by atoms with Gasteiger partial charge in [0.2, 0.25) is 10.0 Å². The second-order valence-electron chi connectivity index (χ2n) is 4.09. The maximum Gasteiger partial charge on any atom is 0.335 e. The number of benzene rings is 1. The van der Waals surface area contributed by atoms with Crippen molar-refractivity contribution in [2.75, 3.05) is 19.9 Å². The fraction of sp³-hybridized carbons (Fsp3) is 0.333. The zero-order valence-corrected chi connectivity index (χ0v) is 11.9. The van der Waals surface area contributed by atoms with Crippen molar-refractivity contribution in [1.82, 2.24) is 4.31 Å². The molecule has 1 aromatic rings. The summed E-state index contributed by atoms with van der Waals surface area (Å²) >= 11 is 0. The highest BCUT2D eigenvalue weighted by Gasteiger charge is 2.22. The summed E-state index contributed by atoms with van der Waals surface area (Å²) < 4.78 is 29.0. The molecule has 1 N–H and O–H groups in total. The number of carboxylic acid groups (broad SMARTS) is 1. The molecule has 0 fully saturated rings. The molecule has 0 spiro atoms. The molecule has 0 amide bonds. The Morgan fingerprint density at radius 3 is 2.25 bits per heavy atom. The van der Waals surface area contributed by atoms with Crippen molar-refractivity contribution >= 4 is 22.0 Å². The first-order valence-corrected chi connectivity index (χ1v) is 7.20. The van der Waals surface area contributed by atoms with Crippen LogP contribution in [-0.2, 0) is 26.1 Å². The van der Waals surface area contributed by atoms with Crippen LogP contribution in [-0.4, -0.2) is 49.7 Å². The Balaban J connectivity index is 2.77. The van der Waals surface area contributed by atoms with Crippen LogP contribution in [0.15, 0.2) is 24.3 Å². The monoisotopic (exact) mass is 301 g/mol. The Labute approximate surface area is 116 Å². The van der Waals surface area contributed by atoms with Gasteiger partial charge < -0.3 is 9.84 Å². The van der Waals surface area contributed by atoms with Gasteiger partial charge in [-0.15, -0.1) is 0 Å². The Kier molecular flexibility index (Phi) is 5.23. The predicted molar refractivity (Wildman–Crippen MR) is 70.7 cm³/mol. The maximum atomic E-state index is 11.8. The normalized spacial score (nSPS) is 11.3. The summed E-state index contributed by atoms with van der Waals surface area (Å²) in [5, 5.41) is 8.76. The summed E-state index contributed by atoms with van der Waals surface area (Å²) in [6.45, 7) is 0.0409. The van der Waals surface area contributed by atoms with Gasteiger partial charge in [0.15, 0.2) is 5.75 Å². The first-order valence-electron chi connectivity index (χ1n) is 5.59. The number of ether oxygens (including phenoxy) is 1. The van der Waals surface area contributed by atoms with Crippen molar-refractivity contribution in [2.45, 2.75) is 6.54 Å². The van der Waals surface area contributed by atoms with Crippen LogP contribution in [0.25, 0.3) is 0 Å². The Bertz CT molecular complexity index is 593. The zero-order chi connectivity index (χ0) is 15.3. The van der Waals surface area contributed by atoms with Crippen LogP contribution >= 0.6 is 0 Å². The number of carbonyl (C=O) groups is 2. The lowest BCUT2D eigenvalue weighted by atomic mass is 10.1. The average Bonchev–Trinajstić information content (AvgIpc) is 2.38. The van der Waals surface area contributed by atoms with E-state index in [1.807, 2.05) is 0 Å². The van der Waals surface area contributed by atoms with Gasteiger partial charge in [0.1, 0.15) is 0 Å². The number of hydrogen-bond donors (Lipinski definition) is 1. The lowest BCUT2D eigenvalue weighted by Crippen LogP contribution is -2.32. The lowest BCUT2D eigenvalue weighted by molar-refractivity contribution is -0.137. The van der Waals surface area contributed by atoms with Gasteiger partial charge in [-0.1, -0.05) is 12.1 Å². The van der Waals surface area contributed by atoms with Crippen molar-refractivity contribution in [3.8, 4) is 0 Å². The third-order valence-corrected chi connectivity index (χ3v) is 4.29. The molecule has 0 aromatic heterocycles. The number of esters is 1. The second-order valence-corrected chi connectivity index (χ2v) is 6.17. The van der Waals surface area contributed by atoms with E-state index in [1.54, 1.807) is 0 Å². The minimum atomic E-state index is -3.75. The number of carbonyl (C=O) groups excluding carboxylic acids is 1. The Morgan fingerprint density at radius 2 is 1.80 bits per heavy atom. The summed E-state index contributed by atoms with van der Waals surface area (Å²) in [7, 11) is -1.30. The summed E-state index contributed by atoms with van der Waals surface area (Å²) in [4.78, 5) is 21.7. The summed E-state index contributed by atoms with van der Waals surface area (Å²) in [6, 6.07) is 5.82. The van der Waals surface area contributed by atoms with Crippen LogP contribution in [0.5, 0.6) is 0 Å². The molecule has 0 saturated heterocycles. The molecule has 0 bridgehead atoms. The third kappa shape index (κ3) is 4.32.